The van der Waals surface area contributed by atoms with Crippen molar-refractivity contribution in [3.63, 3.8) is 0 Å². The summed E-state index contributed by atoms with van der Waals surface area (Å²) in [5.41, 5.74) is 0.523. The molecule has 0 aliphatic heterocycles. The monoisotopic (exact) mass is 342 g/mol. The average Bonchev–Trinajstić information content (AvgIpc) is 2.58. The first kappa shape index (κ1) is 15.8. The second-order valence-corrected chi connectivity index (χ2v) is 6.55. The lowest BCUT2D eigenvalue weighted by molar-refractivity contribution is -0.385. The molecule has 0 saturated carbocycles. The molecule has 120 valence electrons. The molecule has 7 nitrogen and oxygen atoms in total. The SMILES string of the molecule is O=C1C=CC(=NS(=O)(=O)c2cccc([N+](=O)[O-])c2)c2ccccc21. The Hall–Kier alpha value is -3.13. The zero-order valence-electron chi connectivity index (χ0n) is 12.1. The number of non-ortho nitro benzene ring substituents is 1. The summed E-state index contributed by atoms with van der Waals surface area (Å²) in [4.78, 5) is 21.7. The van der Waals surface area contributed by atoms with E-state index in [1.54, 1.807) is 24.3 Å². The predicted molar refractivity (Wildman–Crippen MR) is 86.7 cm³/mol. The van der Waals surface area contributed by atoms with E-state index in [-0.39, 0.29) is 22.1 Å². The number of hydrogen-bond donors (Lipinski definition) is 0. The van der Waals surface area contributed by atoms with Gasteiger partial charge in [0, 0.05) is 23.3 Å². The maximum absolute atomic E-state index is 12.4. The molecule has 1 aliphatic rings. The average molecular weight is 342 g/mol. The van der Waals surface area contributed by atoms with Gasteiger partial charge in [0.15, 0.2) is 5.78 Å². The minimum atomic E-state index is -4.16. The highest BCUT2D eigenvalue weighted by molar-refractivity contribution is 7.90. The molecule has 0 heterocycles. The van der Waals surface area contributed by atoms with Crippen LogP contribution in [0.2, 0.25) is 0 Å². The molecule has 2 aromatic carbocycles. The minimum absolute atomic E-state index is 0.108. The topological polar surface area (TPSA) is 107 Å². The van der Waals surface area contributed by atoms with E-state index >= 15 is 0 Å². The first-order chi connectivity index (χ1) is 11.4. The van der Waals surface area contributed by atoms with Crippen molar-refractivity contribution < 1.29 is 18.1 Å². The Morgan fingerprint density at radius 2 is 1.67 bits per heavy atom. The number of hydrogen-bond acceptors (Lipinski definition) is 5. The van der Waals surface area contributed by atoms with Crippen LogP contribution in [0.3, 0.4) is 0 Å². The molecule has 0 aromatic heterocycles. The van der Waals surface area contributed by atoms with Gasteiger partial charge in [-0.2, -0.15) is 12.8 Å². The molecule has 3 rings (SSSR count). The third-order valence-corrected chi connectivity index (χ3v) is 4.69. The highest BCUT2D eigenvalue weighted by Gasteiger charge is 2.22. The van der Waals surface area contributed by atoms with E-state index in [4.69, 9.17) is 0 Å². The molecule has 8 heteroatoms. The van der Waals surface area contributed by atoms with Gasteiger partial charge in [-0.25, -0.2) is 0 Å². The van der Waals surface area contributed by atoms with Gasteiger partial charge < -0.3 is 0 Å². The van der Waals surface area contributed by atoms with Crippen LogP contribution in [0.4, 0.5) is 5.69 Å². The van der Waals surface area contributed by atoms with E-state index in [9.17, 15) is 23.3 Å². The number of sulfonamides is 1. The molecule has 2 aromatic rings. The number of fused-ring (bicyclic) bond motifs is 1. The quantitative estimate of drug-likeness (QED) is 0.629. The molecule has 0 unspecified atom stereocenters. The van der Waals surface area contributed by atoms with E-state index in [1.807, 2.05) is 0 Å². The zero-order chi connectivity index (χ0) is 17.3. The van der Waals surface area contributed by atoms with Crippen molar-refractivity contribution >= 4 is 27.2 Å². The molecule has 0 N–H and O–H groups in total. The summed E-state index contributed by atoms with van der Waals surface area (Å²) in [6.07, 6.45) is 2.56. The number of carbonyl (C=O) groups is 1. The second kappa shape index (κ2) is 5.82. The Balaban J connectivity index is 2.11. The van der Waals surface area contributed by atoms with E-state index in [2.05, 4.69) is 4.40 Å². The maximum Gasteiger partial charge on any atom is 0.283 e. The molecular weight excluding hydrogens is 332 g/mol. The predicted octanol–water partition coefficient (Wildman–Crippen LogP) is 2.53. The van der Waals surface area contributed by atoms with Gasteiger partial charge in [0.1, 0.15) is 0 Å². The molecule has 0 bridgehead atoms. The number of nitro benzene ring substituents is 1. The Kier molecular flexibility index (Phi) is 3.82. The van der Waals surface area contributed by atoms with Crippen molar-refractivity contribution in [1.82, 2.24) is 0 Å². The van der Waals surface area contributed by atoms with Crippen LogP contribution in [-0.4, -0.2) is 24.8 Å². The molecule has 0 amide bonds. The highest BCUT2D eigenvalue weighted by atomic mass is 32.2. The van der Waals surface area contributed by atoms with Crippen molar-refractivity contribution in [2.45, 2.75) is 4.90 Å². The van der Waals surface area contributed by atoms with Crippen molar-refractivity contribution in [3.8, 4) is 0 Å². The summed E-state index contributed by atoms with van der Waals surface area (Å²) in [5.74, 6) is -0.239. The summed E-state index contributed by atoms with van der Waals surface area (Å²) in [6, 6.07) is 11.2. The van der Waals surface area contributed by atoms with Crippen molar-refractivity contribution in [1.29, 1.82) is 0 Å². The third kappa shape index (κ3) is 2.86. The first-order valence-corrected chi connectivity index (χ1v) is 8.24. The maximum atomic E-state index is 12.4. The van der Waals surface area contributed by atoms with Gasteiger partial charge in [0.25, 0.3) is 15.7 Å². The molecule has 0 radical (unpaired) electrons. The fraction of sp³-hybridized carbons (Fsp3) is 0. The molecule has 0 fully saturated rings. The smallest absolute Gasteiger partial charge is 0.283 e. The number of benzene rings is 2. The van der Waals surface area contributed by atoms with Crippen LogP contribution in [0.5, 0.6) is 0 Å². The van der Waals surface area contributed by atoms with E-state index in [1.165, 1.54) is 30.4 Å². The number of ketones is 1. The van der Waals surface area contributed by atoms with Crippen LogP contribution in [0.15, 0.2) is 70.0 Å². The zero-order valence-corrected chi connectivity index (χ0v) is 12.9. The summed E-state index contributed by atoms with van der Waals surface area (Å²) in [7, 11) is -4.16. The van der Waals surface area contributed by atoms with E-state index in [0.717, 1.165) is 6.07 Å². The Bertz CT molecular complexity index is 1020. The fourth-order valence-electron chi connectivity index (χ4n) is 2.27. The molecule has 24 heavy (non-hydrogen) atoms. The lowest BCUT2D eigenvalue weighted by Crippen LogP contribution is -2.14. The molecule has 0 atom stereocenters. The van der Waals surface area contributed by atoms with Crippen LogP contribution in [0.25, 0.3) is 0 Å². The van der Waals surface area contributed by atoms with Crippen LogP contribution in [0.1, 0.15) is 15.9 Å². The van der Waals surface area contributed by atoms with Crippen molar-refractivity contribution in [2.24, 2.45) is 4.40 Å². The minimum Gasteiger partial charge on any atom is -0.289 e. The Morgan fingerprint density at radius 1 is 0.958 bits per heavy atom. The molecule has 0 saturated heterocycles. The van der Waals surface area contributed by atoms with Crippen molar-refractivity contribution in [2.75, 3.05) is 0 Å². The summed E-state index contributed by atoms with van der Waals surface area (Å²) in [6.45, 7) is 0. The van der Waals surface area contributed by atoms with Crippen LogP contribution >= 0.6 is 0 Å². The summed E-state index contributed by atoms with van der Waals surface area (Å²) in [5, 5.41) is 10.8. The third-order valence-electron chi connectivity index (χ3n) is 3.41. The normalized spacial score (nSPS) is 15.3. The number of allylic oxidation sites excluding steroid dienone is 2. The van der Waals surface area contributed by atoms with Crippen molar-refractivity contribution in [3.05, 3.63) is 81.9 Å². The summed E-state index contributed by atoms with van der Waals surface area (Å²) < 4.78 is 28.6. The lowest BCUT2D eigenvalue weighted by Gasteiger charge is -2.11. The fourth-order valence-corrected chi connectivity index (χ4v) is 3.32. The molecule has 0 spiro atoms. The Morgan fingerprint density at radius 3 is 2.38 bits per heavy atom. The van der Waals surface area contributed by atoms with Gasteiger partial charge in [0.2, 0.25) is 0 Å². The molecular formula is C16H10N2O5S. The van der Waals surface area contributed by atoms with Gasteiger partial charge in [-0.1, -0.05) is 30.3 Å². The van der Waals surface area contributed by atoms with E-state index < -0.39 is 14.9 Å². The number of nitrogens with zero attached hydrogens (tertiary/aromatic N) is 2. The largest absolute Gasteiger partial charge is 0.289 e. The molecule has 1 aliphatic carbocycles. The highest BCUT2D eigenvalue weighted by Crippen LogP contribution is 2.22. The van der Waals surface area contributed by atoms with Gasteiger partial charge in [0.05, 0.1) is 15.5 Å². The van der Waals surface area contributed by atoms with Gasteiger partial charge >= 0.3 is 0 Å². The van der Waals surface area contributed by atoms with Crippen LogP contribution < -0.4 is 0 Å². The number of carbonyl (C=O) groups excluding carboxylic acids is 1. The standard InChI is InChI=1S/C16H10N2O5S/c19-16-9-8-15(13-6-1-2-7-14(13)16)17-24(22,23)12-5-3-4-11(10-12)18(20)21/h1-10H. The van der Waals surface area contributed by atoms with Crippen LogP contribution in [-0.2, 0) is 10.0 Å². The lowest BCUT2D eigenvalue weighted by atomic mass is 9.95. The van der Waals surface area contributed by atoms with Gasteiger partial charge in [-0.15, -0.1) is 0 Å². The van der Waals surface area contributed by atoms with E-state index in [0.29, 0.717) is 11.1 Å². The Labute approximate surface area is 137 Å². The van der Waals surface area contributed by atoms with Gasteiger partial charge in [-0.05, 0) is 18.2 Å². The number of nitro groups is 1. The second-order valence-electron chi connectivity index (χ2n) is 4.95. The van der Waals surface area contributed by atoms with Gasteiger partial charge in [-0.3, -0.25) is 14.9 Å². The number of rotatable bonds is 3. The van der Waals surface area contributed by atoms with Crippen LogP contribution in [0, 0.1) is 10.1 Å². The first-order valence-electron chi connectivity index (χ1n) is 6.80. The summed E-state index contributed by atoms with van der Waals surface area (Å²) >= 11 is 0.